The molecule has 0 aliphatic heterocycles. The van der Waals surface area contributed by atoms with Crippen molar-refractivity contribution in [1.82, 2.24) is 15.3 Å². The molecule has 0 aliphatic carbocycles. The molecule has 0 radical (unpaired) electrons. The van der Waals surface area contributed by atoms with Crippen molar-refractivity contribution in [2.24, 2.45) is 0 Å². The van der Waals surface area contributed by atoms with Crippen LogP contribution in [0.15, 0.2) is 18.7 Å². The van der Waals surface area contributed by atoms with E-state index in [9.17, 15) is 22.8 Å². The van der Waals surface area contributed by atoms with E-state index in [1.54, 1.807) is 5.32 Å². The first-order chi connectivity index (χ1) is 8.30. The van der Waals surface area contributed by atoms with Crippen LogP contribution in [0.2, 0.25) is 0 Å². The molecule has 0 spiro atoms. The topological polar surface area (TPSA) is 92.2 Å². The number of aromatic nitrogens is 2. The van der Waals surface area contributed by atoms with E-state index >= 15 is 0 Å². The van der Waals surface area contributed by atoms with Gasteiger partial charge in [-0.15, -0.1) is 0 Å². The lowest BCUT2D eigenvalue weighted by molar-refractivity contribution is -0.165. The largest absolute Gasteiger partial charge is 0.481 e. The summed E-state index contributed by atoms with van der Waals surface area (Å²) in [5, 5.41) is 9.93. The molecule has 1 rings (SSSR count). The molecule has 1 unspecified atom stereocenters. The molecule has 1 heterocycles. The number of hydrogen-bond acceptors (Lipinski definition) is 4. The van der Waals surface area contributed by atoms with Gasteiger partial charge in [0.05, 0.1) is 12.0 Å². The smallest absolute Gasteiger partial charge is 0.409 e. The summed E-state index contributed by atoms with van der Waals surface area (Å²) in [6, 6.07) is -2.46. The van der Waals surface area contributed by atoms with Crippen LogP contribution in [0, 0.1) is 0 Å². The molecular weight excluding hydrogens is 255 g/mol. The molecule has 0 saturated carbocycles. The Labute approximate surface area is 98.9 Å². The second-order valence-corrected chi connectivity index (χ2v) is 3.29. The molecule has 1 aromatic rings. The maximum absolute atomic E-state index is 12.4. The summed E-state index contributed by atoms with van der Waals surface area (Å²) in [6.45, 7) is 0. The number of nitrogens with zero attached hydrogens (tertiary/aromatic N) is 2. The van der Waals surface area contributed by atoms with Gasteiger partial charge in [0, 0.05) is 12.4 Å². The van der Waals surface area contributed by atoms with Gasteiger partial charge in [0.2, 0.25) is 0 Å². The van der Waals surface area contributed by atoms with Crippen molar-refractivity contribution < 1.29 is 27.9 Å². The second-order valence-electron chi connectivity index (χ2n) is 3.29. The summed E-state index contributed by atoms with van der Waals surface area (Å²) in [5.74, 6) is -2.75. The third-order valence-corrected chi connectivity index (χ3v) is 1.90. The minimum absolute atomic E-state index is 0.183. The summed E-state index contributed by atoms with van der Waals surface area (Å²) in [7, 11) is 0. The Bertz CT molecular complexity index is 436. The lowest BCUT2D eigenvalue weighted by Gasteiger charge is -2.19. The Hall–Kier alpha value is -2.19. The monoisotopic (exact) mass is 263 g/mol. The van der Waals surface area contributed by atoms with Gasteiger partial charge in [-0.25, -0.2) is 9.97 Å². The highest BCUT2D eigenvalue weighted by atomic mass is 19.4. The van der Waals surface area contributed by atoms with Crippen LogP contribution in [-0.4, -0.2) is 39.2 Å². The van der Waals surface area contributed by atoms with Crippen LogP contribution in [0.1, 0.15) is 16.8 Å². The van der Waals surface area contributed by atoms with E-state index in [4.69, 9.17) is 5.11 Å². The van der Waals surface area contributed by atoms with Gasteiger partial charge in [-0.05, 0) is 0 Å². The number of amides is 1. The maximum Gasteiger partial charge on any atom is 0.409 e. The van der Waals surface area contributed by atoms with Gasteiger partial charge < -0.3 is 10.4 Å². The van der Waals surface area contributed by atoms with Gasteiger partial charge in [-0.1, -0.05) is 0 Å². The Morgan fingerprint density at radius 1 is 1.33 bits per heavy atom. The van der Waals surface area contributed by atoms with Crippen molar-refractivity contribution in [3.05, 3.63) is 24.3 Å². The third-order valence-electron chi connectivity index (χ3n) is 1.90. The SMILES string of the molecule is O=C(O)CC(NC(=O)c1cncnc1)C(F)(F)F. The molecule has 98 valence electrons. The zero-order valence-electron chi connectivity index (χ0n) is 8.81. The zero-order chi connectivity index (χ0) is 13.8. The molecular formula is C9H8F3N3O3. The number of hydrogen-bond donors (Lipinski definition) is 2. The molecule has 1 atom stereocenters. The average molecular weight is 263 g/mol. The summed E-state index contributed by atoms with van der Waals surface area (Å²) in [4.78, 5) is 28.6. The molecule has 1 amide bonds. The number of halogens is 3. The Kier molecular flexibility index (Phi) is 4.18. The Morgan fingerprint density at radius 3 is 2.33 bits per heavy atom. The van der Waals surface area contributed by atoms with E-state index in [-0.39, 0.29) is 5.56 Å². The zero-order valence-corrected chi connectivity index (χ0v) is 8.81. The maximum atomic E-state index is 12.4. The highest BCUT2D eigenvalue weighted by molar-refractivity contribution is 5.94. The predicted molar refractivity (Wildman–Crippen MR) is 51.6 cm³/mol. The lowest BCUT2D eigenvalue weighted by atomic mass is 10.2. The molecule has 0 aromatic carbocycles. The second kappa shape index (κ2) is 5.43. The van der Waals surface area contributed by atoms with Crippen LogP contribution in [-0.2, 0) is 4.79 Å². The van der Waals surface area contributed by atoms with Crippen LogP contribution < -0.4 is 5.32 Å². The molecule has 6 nitrogen and oxygen atoms in total. The first kappa shape index (κ1) is 13.9. The fourth-order valence-corrected chi connectivity index (χ4v) is 1.08. The first-order valence-electron chi connectivity index (χ1n) is 4.65. The number of carbonyl (C=O) groups is 2. The van der Waals surface area contributed by atoms with Crippen molar-refractivity contribution in [2.45, 2.75) is 18.6 Å². The van der Waals surface area contributed by atoms with Gasteiger partial charge in [0.1, 0.15) is 12.4 Å². The summed E-state index contributed by atoms with van der Waals surface area (Å²) in [6.07, 6.45) is -2.94. The minimum Gasteiger partial charge on any atom is -0.481 e. The fraction of sp³-hybridized carbons (Fsp3) is 0.333. The van der Waals surface area contributed by atoms with Crippen LogP contribution >= 0.6 is 0 Å². The standard InChI is InChI=1S/C9H8F3N3O3/c10-9(11,12)6(1-7(16)17)15-8(18)5-2-13-4-14-3-5/h2-4,6H,1H2,(H,15,18)(H,16,17). The number of aliphatic carboxylic acids is 1. The van der Waals surface area contributed by atoms with Gasteiger partial charge in [0.25, 0.3) is 5.91 Å². The molecule has 0 fully saturated rings. The van der Waals surface area contributed by atoms with Crippen LogP contribution in [0.4, 0.5) is 13.2 Å². The van der Waals surface area contributed by atoms with E-state index in [1.165, 1.54) is 0 Å². The Balaban J connectivity index is 2.78. The molecule has 0 aliphatic rings. The molecule has 0 saturated heterocycles. The lowest BCUT2D eigenvalue weighted by Crippen LogP contribution is -2.46. The molecule has 0 bridgehead atoms. The normalized spacial score (nSPS) is 12.8. The molecule has 18 heavy (non-hydrogen) atoms. The van der Waals surface area contributed by atoms with Gasteiger partial charge in [0.15, 0.2) is 0 Å². The minimum atomic E-state index is -4.84. The molecule has 2 N–H and O–H groups in total. The van der Waals surface area contributed by atoms with Gasteiger partial charge in [-0.3, -0.25) is 9.59 Å². The van der Waals surface area contributed by atoms with Crippen LogP contribution in [0.25, 0.3) is 0 Å². The molecule has 1 aromatic heterocycles. The number of rotatable bonds is 4. The van der Waals surface area contributed by atoms with E-state index in [2.05, 4.69) is 9.97 Å². The number of alkyl halides is 3. The van der Waals surface area contributed by atoms with Crippen molar-refractivity contribution >= 4 is 11.9 Å². The van der Waals surface area contributed by atoms with E-state index in [1.807, 2.05) is 0 Å². The van der Waals surface area contributed by atoms with E-state index in [0.29, 0.717) is 0 Å². The quantitative estimate of drug-likeness (QED) is 0.830. The summed E-state index contributed by atoms with van der Waals surface area (Å²) in [5.41, 5.74) is -0.183. The highest BCUT2D eigenvalue weighted by Crippen LogP contribution is 2.22. The summed E-state index contributed by atoms with van der Waals surface area (Å²) < 4.78 is 37.3. The third kappa shape index (κ3) is 4.00. The highest BCUT2D eigenvalue weighted by Gasteiger charge is 2.42. The van der Waals surface area contributed by atoms with Crippen molar-refractivity contribution in [2.75, 3.05) is 0 Å². The number of carbonyl (C=O) groups excluding carboxylic acids is 1. The number of nitrogens with one attached hydrogen (secondary N) is 1. The van der Waals surface area contributed by atoms with E-state index < -0.39 is 30.5 Å². The number of carboxylic acid groups (broad SMARTS) is 1. The predicted octanol–water partition coefficient (Wildman–Crippen LogP) is 0.612. The Morgan fingerprint density at radius 2 is 1.89 bits per heavy atom. The van der Waals surface area contributed by atoms with Crippen molar-refractivity contribution in [3.8, 4) is 0 Å². The first-order valence-corrected chi connectivity index (χ1v) is 4.65. The van der Waals surface area contributed by atoms with Crippen molar-refractivity contribution in [1.29, 1.82) is 0 Å². The summed E-state index contributed by atoms with van der Waals surface area (Å²) >= 11 is 0. The van der Waals surface area contributed by atoms with Crippen LogP contribution in [0.3, 0.4) is 0 Å². The number of carboxylic acids is 1. The van der Waals surface area contributed by atoms with Crippen LogP contribution in [0.5, 0.6) is 0 Å². The van der Waals surface area contributed by atoms with Crippen molar-refractivity contribution in [3.63, 3.8) is 0 Å². The average Bonchev–Trinajstić information content (AvgIpc) is 2.27. The fourth-order valence-electron chi connectivity index (χ4n) is 1.08. The van der Waals surface area contributed by atoms with Gasteiger partial charge >= 0.3 is 12.1 Å². The molecule has 9 heteroatoms. The van der Waals surface area contributed by atoms with Gasteiger partial charge in [-0.2, -0.15) is 13.2 Å². The van der Waals surface area contributed by atoms with E-state index in [0.717, 1.165) is 18.7 Å².